The Balaban J connectivity index is 2.08. The van der Waals surface area contributed by atoms with Gasteiger partial charge in [0.15, 0.2) is 0 Å². The highest BCUT2D eigenvalue weighted by molar-refractivity contribution is 9.10. The fraction of sp³-hybridized carbons (Fsp3) is 0.333. The van der Waals surface area contributed by atoms with Crippen LogP contribution in [-0.4, -0.2) is 6.04 Å². The van der Waals surface area contributed by atoms with Crippen LogP contribution in [0.5, 0.6) is 5.75 Å². The average molecular weight is 340 g/mol. The highest BCUT2D eigenvalue weighted by Crippen LogP contribution is 2.30. The maximum absolute atomic E-state index is 5.96. The van der Waals surface area contributed by atoms with Crippen LogP contribution in [0.15, 0.2) is 39.5 Å². The van der Waals surface area contributed by atoms with Crippen molar-refractivity contribution in [2.45, 2.75) is 33.0 Å². The predicted molar refractivity (Wildman–Crippen MR) is 84.8 cm³/mol. The van der Waals surface area contributed by atoms with Gasteiger partial charge in [0.05, 0.1) is 4.47 Å². The van der Waals surface area contributed by atoms with Crippen LogP contribution < -0.4 is 10.1 Å². The molecule has 0 fully saturated rings. The highest BCUT2D eigenvalue weighted by atomic mass is 79.9. The van der Waals surface area contributed by atoms with Crippen LogP contribution in [0.25, 0.3) is 0 Å². The minimum absolute atomic E-state index is 0.462. The van der Waals surface area contributed by atoms with E-state index >= 15 is 0 Å². The first-order chi connectivity index (χ1) is 9.16. The Labute approximate surface area is 126 Å². The van der Waals surface area contributed by atoms with Gasteiger partial charge in [-0.25, -0.2) is 0 Å². The molecule has 2 aromatic rings. The van der Waals surface area contributed by atoms with Gasteiger partial charge >= 0.3 is 0 Å². The van der Waals surface area contributed by atoms with E-state index in [1.54, 1.807) is 11.3 Å². The summed E-state index contributed by atoms with van der Waals surface area (Å²) < 4.78 is 6.97. The molecule has 0 saturated carbocycles. The molecule has 0 aliphatic heterocycles. The molecule has 4 heteroatoms. The first-order valence-corrected chi connectivity index (χ1v) is 8.05. The summed E-state index contributed by atoms with van der Waals surface area (Å²) in [6, 6.07) is 8.71. The van der Waals surface area contributed by atoms with E-state index in [1.807, 2.05) is 12.1 Å². The van der Waals surface area contributed by atoms with Crippen LogP contribution in [0.2, 0.25) is 0 Å². The summed E-state index contributed by atoms with van der Waals surface area (Å²) in [5.41, 5.74) is 2.39. The number of hydrogen-bond donors (Lipinski definition) is 1. The summed E-state index contributed by atoms with van der Waals surface area (Å²) >= 11 is 5.26. The van der Waals surface area contributed by atoms with Gasteiger partial charge in [0.1, 0.15) is 12.4 Å². The standard InChI is InChI=1S/C15H18BrNOS/c1-11(2)17-8-13-4-3-5-14(16)15(13)18-9-12-6-7-19-10-12/h3-7,10-11,17H,8-9H2,1-2H3. The van der Waals surface area contributed by atoms with Crippen molar-refractivity contribution in [1.82, 2.24) is 5.32 Å². The van der Waals surface area contributed by atoms with Crippen molar-refractivity contribution in [2.75, 3.05) is 0 Å². The summed E-state index contributed by atoms with van der Waals surface area (Å²) in [4.78, 5) is 0. The molecule has 0 radical (unpaired) electrons. The van der Waals surface area contributed by atoms with Crippen molar-refractivity contribution >= 4 is 27.3 Å². The minimum Gasteiger partial charge on any atom is -0.487 e. The molecule has 1 aromatic heterocycles. The Hall–Kier alpha value is -0.840. The predicted octanol–water partition coefficient (Wildman–Crippen LogP) is 4.59. The second-order valence-electron chi connectivity index (χ2n) is 4.68. The van der Waals surface area contributed by atoms with Crippen LogP contribution in [0, 0.1) is 0 Å². The Kier molecular flexibility index (Phi) is 5.43. The van der Waals surface area contributed by atoms with Crippen LogP contribution >= 0.6 is 27.3 Å². The monoisotopic (exact) mass is 339 g/mol. The Morgan fingerprint density at radius 2 is 2.16 bits per heavy atom. The number of para-hydroxylation sites is 1. The van der Waals surface area contributed by atoms with Crippen LogP contribution in [0.1, 0.15) is 25.0 Å². The van der Waals surface area contributed by atoms with E-state index in [0.29, 0.717) is 12.6 Å². The van der Waals surface area contributed by atoms with E-state index in [-0.39, 0.29) is 0 Å². The number of thiophene rings is 1. The third-order valence-corrected chi connectivity index (χ3v) is 4.07. The quantitative estimate of drug-likeness (QED) is 0.831. The molecule has 0 unspecified atom stereocenters. The Bertz CT molecular complexity index is 511. The lowest BCUT2D eigenvalue weighted by atomic mass is 10.2. The van der Waals surface area contributed by atoms with Crippen LogP contribution in [0.3, 0.4) is 0 Å². The molecule has 0 amide bonds. The summed E-state index contributed by atoms with van der Waals surface area (Å²) in [6.07, 6.45) is 0. The van der Waals surface area contributed by atoms with Gasteiger partial charge in [-0.3, -0.25) is 0 Å². The zero-order valence-electron chi connectivity index (χ0n) is 11.2. The zero-order chi connectivity index (χ0) is 13.7. The average Bonchev–Trinajstić information content (AvgIpc) is 2.88. The molecule has 1 aromatic carbocycles. The molecular weight excluding hydrogens is 322 g/mol. The van der Waals surface area contributed by atoms with Crippen molar-refractivity contribution in [3.05, 3.63) is 50.6 Å². The van der Waals surface area contributed by atoms with Crippen LogP contribution in [-0.2, 0) is 13.2 Å². The van der Waals surface area contributed by atoms with Gasteiger partial charge in [0.2, 0.25) is 0 Å². The van der Waals surface area contributed by atoms with Gasteiger partial charge in [-0.2, -0.15) is 11.3 Å². The van der Waals surface area contributed by atoms with E-state index in [4.69, 9.17) is 4.74 Å². The van der Waals surface area contributed by atoms with E-state index in [0.717, 1.165) is 16.8 Å². The van der Waals surface area contributed by atoms with Crippen molar-refractivity contribution in [2.24, 2.45) is 0 Å². The fourth-order valence-electron chi connectivity index (χ4n) is 1.70. The summed E-state index contributed by atoms with van der Waals surface area (Å²) in [6.45, 7) is 5.71. The van der Waals surface area contributed by atoms with E-state index in [1.165, 1.54) is 11.1 Å². The second kappa shape index (κ2) is 7.08. The number of benzene rings is 1. The maximum atomic E-state index is 5.96. The lowest BCUT2D eigenvalue weighted by Gasteiger charge is -2.15. The van der Waals surface area contributed by atoms with Gasteiger partial charge in [0, 0.05) is 18.2 Å². The Morgan fingerprint density at radius 1 is 1.32 bits per heavy atom. The largest absolute Gasteiger partial charge is 0.487 e. The normalized spacial score (nSPS) is 10.9. The van der Waals surface area contributed by atoms with Crippen molar-refractivity contribution in [3.8, 4) is 5.75 Å². The number of ether oxygens (including phenoxy) is 1. The lowest BCUT2D eigenvalue weighted by Crippen LogP contribution is -2.22. The number of hydrogen-bond acceptors (Lipinski definition) is 3. The SMILES string of the molecule is CC(C)NCc1cccc(Br)c1OCc1ccsc1. The fourth-order valence-corrected chi connectivity index (χ4v) is 2.87. The molecule has 102 valence electrons. The highest BCUT2D eigenvalue weighted by Gasteiger charge is 2.09. The van der Waals surface area contributed by atoms with Crippen molar-refractivity contribution in [1.29, 1.82) is 0 Å². The molecule has 0 saturated heterocycles. The third kappa shape index (κ3) is 4.34. The molecule has 19 heavy (non-hydrogen) atoms. The van der Waals surface area contributed by atoms with Gasteiger partial charge in [-0.05, 0) is 44.4 Å². The number of rotatable bonds is 6. The molecule has 1 N–H and O–H groups in total. The minimum atomic E-state index is 0.462. The van der Waals surface area contributed by atoms with E-state index in [9.17, 15) is 0 Å². The molecule has 0 bridgehead atoms. The molecule has 0 spiro atoms. The first-order valence-electron chi connectivity index (χ1n) is 6.31. The molecule has 0 aliphatic rings. The summed E-state index contributed by atoms with van der Waals surface area (Å²) in [7, 11) is 0. The Morgan fingerprint density at radius 3 is 2.84 bits per heavy atom. The zero-order valence-corrected chi connectivity index (χ0v) is 13.6. The number of nitrogens with one attached hydrogen (secondary N) is 1. The molecule has 2 nitrogen and oxygen atoms in total. The topological polar surface area (TPSA) is 21.3 Å². The van der Waals surface area contributed by atoms with Gasteiger partial charge in [0.25, 0.3) is 0 Å². The van der Waals surface area contributed by atoms with E-state index < -0.39 is 0 Å². The molecule has 0 aliphatic carbocycles. The summed E-state index contributed by atoms with van der Waals surface area (Å²) in [5.74, 6) is 0.932. The number of halogens is 1. The lowest BCUT2D eigenvalue weighted by molar-refractivity contribution is 0.300. The molecule has 2 rings (SSSR count). The summed E-state index contributed by atoms with van der Waals surface area (Å²) in [5, 5.41) is 7.61. The van der Waals surface area contributed by atoms with Gasteiger partial charge in [-0.1, -0.05) is 26.0 Å². The molecular formula is C15H18BrNOS. The molecule has 1 heterocycles. The van der Waals surface area contributed by atoms with Crippen molar-refractivity contribution < 1.29 is 4.74 Å². The smallest absolute Gasteiger partial charge is 0.138 e. The van der Waals surface area contributed by atoms with Crippen molar-refractivity contribution in [3.63, 3.8) is 0 Å². The van der Waals surface area contributed by atoms with Crippen LogP contribution in [0.4, 0.5) is 0 Å². The van der Waals surface area contributed by atoms with Gasteiger partial charge in [-0.15, -0.1) is 0 Å². The second-order valence-corrected chi connectivity index (χ2v) is 6.32. The maximum Gasteiger partial charge on any atom is 0.138 e. The first kappa shape index (κ1) is 14.6. The van der Waals surface area contributed by atoms with Gasteiger partial charge < -0.3 is 10.1 Å². The molecule has 0 atom stereocenters. The third-order valence-electron chi connectivity index (χ3n) is 2.71. The van der Waals surface area contributed by atoms with E-state index in [2.05, 4.69) is 58.0 Å².